The molecular weight excluding hydrogens is 312 g/mol. The van der Waals surface area contributed by atoms with E-state index >= 15 is 0 Å². The van der Waals surface area contributed by atoms with Gasteiger partial charge < -0.3 is 20.5 Å². The van der Waals surface area contributed by atoms with Crippen molar-refractivity contribution >= 4 is 17.8 Å². The van der Waals surface area contributed by atoms with Crippen LogP contribution in [0.1, 0.15) is 47.9 Å². The third kappa shape index (κ3) is 6.37. The molecule has 7 nitrogen and oxygen atoms in total. The van der Waals surface area contributed by atoms with Gasteiger partial charge in [0.25, 0.3) is 11.8 Å². The first-order valence-electron chi connectivity index (χ1n) is 7.64. The highest BCUT2D eigenvalue weighted by molar-refractivity contribution is 6.00. The zero-order valence-electron chi connectivity index (χ0n) is 14.4. The number of carbonyl (C=O) groups is 3. The van der Waals surface area contributed by atoms with Crippen molar-refractivity contribution in [3.8, 4) is 0 Å². The number of amides is 2. The summed E-state index contributed by atoms with van der Waals surface area (Å²) in [4.78, 5) is 35.1. The molecule has 1 atom stereocenters. The number of carboxylic acid groups (broad SMARTS) is 1. The SMILES string of the molecule is CNC(=O)c1cccc(C(=O)NC(CCOC(C)(C)C)C(=O)O)c1. The number of ether oxygens (including phenoxy) is 1. The van der Waals surface area contributed by atoms with Crippen LogP contribution in [0.5, 0.6) is 0 Å². The molecule has 0 aromatic heterocycles. The van der Waals surface area contributed by atoms with Gasteiger partial charge in [-0.3, -0.25) is 9.59 Å². The molecule has 1 rings (SSSR count). The normalized spacial score (nSPS) is 12.3. The third-order valence-corrected chi connectivity index (χ3v) is 3.16. The smallest absolute Gasteiger partial charge is 0.326 e. The minimum Gasteiger partial charge on any atom is -0.480 e. The molecular formula is C17H24N2O5. The molecule has 132 valence electrons. The van der Waals surface area contributed by atoms with Crippen LogP contribution in [0.4, 0.5) is 0 Å². The molecule has 0 aliphatic carbocycles. The first-order chi connectivity index (χ1) is 11.1. The van der Waals surface area contributed by atoms with E-state index in [0.29, 0.717) is 5.56 Å². The highest BCUT2D eigenvalue weighted by atomic mass is 16.5. The fourth-order valence-electron chi connectivity index (χ4n) is 1.93. The standard InChI is InChI=1S/C17H24N2O5/c1-17(2,3)24-9-8-13(16(22)23)19-15(21)12-7-5-6-11(10-12)14(20)18-4/h5-7,10,13H,8-9H2,1-4H3,(H,18,20)(H,19,21)(H,22,23). The van der Waals surface area contributed by atoms with Gasteiger partial charge in [0.1, 0.15) is 6.04 Å². The van der Waals surface area contributed by atoms with E-state index in [4.69, 9.17) is 4.74 Å². The van der Waals surface area contributed by atoms with E-state index in [2.05, 4.69) is 10.6 Å². The van der Waals surface area contributed by atoms with Crippen molar-refractivity contribution < 1.29 is 24.2 Å². The lowest BCUT2D eigenvalue weighted by molar-refractivity contribution is -0.140. The van der Waals surface area contributed by atoms with E-state index in [1.165, 1.54) is 19.2 Å². The Bertz CT molecular complexity index is 607. The summed E-state index contributed by atoms with van der Waals surface area (Å²) < 4.78 is 5.49. The van der Waals surface area contributed by atoms with E-state index in [1.807, 2.05) is 20.8 Å². The lowest BCUT2D eigenvalue weighted by Gasteiger charge is -2.21. The van der Waals surface area contributed by atoms with Gasteiger partial charge in [-0.25, -0.2) is 4.79 Å². The summed E-state index contributed by atoms with van der Waals surface area (Å²) in [6.45, 7) is 5.81. The number of aliphatic carboxylic acids is 1. The molecule has 2 amide bonds. The van der Waals surface area contributed by atoms with E-state index < -0.39 is 17.9 Å². The van der Waals surface area contributed by atoms with Gasteiger partial charge >= 0.3 is 5.97 Å². The summed E-state index contributed by atoms with van der Waals surface area (Å²) in [7, 11) is 1.49. The Morgan fingerprint density at radius 2 is 1.75 bits per heavy atom. The van der Waals surface area contributed by atoms with Gasteiger partial charge in [0.05, 0.1) is 5.60 Å². The van der Waals surface area contributed by atoms with Crippen molar-refractivity contribution in [1.82, 2.24) is 10.6 Å². The molecule has 24 heavy (non-hydrogen) atoms. The van der Waals surface area contributed by atoms with E-state index in [-0.39, 0.29) is 30.1 Å². The summed E-state index contributed by atoms with van der Waals surface area (Å²) in [5.41, 5.74) is 0.168. The van der Waals surface area contributed by atoms with Crippen LogP contribution in [-0.4, -0.2) is 48.2 Å². The highest BCUT2D eigenvalue weighted by Crippen LogP contribution is 2.09. The Morgan fingerprint density at radius 1 is 1.17 bits per heavy atom. The van der Waals surface area contributed by atoms with Crippen LogP contribution in [0.15, 0.2) is 24.3 Å². The molecule has 3 N–H and O–H groups in total. The van der Waals surface area contributed by atoms with Crippen LogP contribution in [0, 0.1) is 0 Å². The molecule has 1 unspecified atom stereocenters. The molecule has 1 aromatic carbocycles. The predicted octanol–water partition coefficient (Wildman–Crippen LogP) is 1.43. The molecule has 7 heteroatoms. The molecule has 0 radical (unpaired) electrons. The maximum absolute atomic E-state index is 12.2. The minimum absolute atomic E-state index is 0.146. The van der Waals surface area contributed by atoms with Gasteiger partial charge in [0.2, 0.25) is 0 Å². The minimum atomic E-state index is -1.14. The van der Waals surface area contributed by atoms with E-state index in [9.17, 15) is 19.5 Å². The summed E-state index contributed by atoms with van der Waals surface area (Å²) in [5.74, 6) is -2.01. The van der Waals surface area contributed by atoms with Crippen LogP contribution < -0.4 is 10.6 Å². The molecule has 0 saturated heterocycles. The quantitative estimate of drug-likeness (QED) is 0.699. The Balaban J connectivity index is 2.75. The number of hydrogen-bond donors (Lipinski definition) is 3. The molecule has 0 heterocycles. The molecule has 0 spiro atoms. The van der Waals surface area contributed by atoms with Gasteiger partial charge in [0, 0.05) is 31.2 Å². The van der Waals surface area contributed by atoms with Crippen molar-refractivity contribution in [3.63, 3.8) is 0 Å². The highest BCUT2D eigenvalue weighted by Gasteiger charge is 2.22. The number of rotatable bonds is 7. The Kier molecular flexibility index (Phi) is 6.91. The fraction of sp³-hybridized carbons (Fsp3) is 0.471. The lowest BCUT2D eigenvalue weighted by Crippen LogP contribution is -2.42. The molecule has 1 aromatic rings. The maximum atomic E-state index is 12.2. The van der Waals surface area contributed by atoms with Crippen molar-refractivity contribution in [2.24, 2.45) is 0 Å². The summed E-state index contributed by atoms with van der Waals surface area (Å²) in [6, 6.07) is 5.01. The first-order valence-corrected chi connectivity index (χ1v) is 7.64. The second kappa shape index (κ2) is 8.44. The summed E-state index contributed by atoms with van der Waals surface area (Å²) in [6.07, 6.45) is 0.146. The Labute approximate surface area is 141 Å². The molecule has 0 saturated carbocycles. The van der Waals surface area contributed by atoms with Gasteiger partial charge in [-0.1, -0.05) is 6.07 Å². The number of hydrogen-bond acceptors (Lipinski definition) is 4. The maximum Gasteiger partial charge on any atom is 0.326 e. The van der Waals surface area contributed by atoms with E-state index in [1.54, 1.807) is 12.1 Å². The van der Waals surface area contributed by atoms with Gasteiger partial charge in [0.15, 0.2) is 0 Å². The second-order valence-corrected chi connectivity index (χ2v) is 6.27. The van der Waals surface area contributed by atoms with Crippen molar-refractivity contribution in [1.29, 1.82) is 0 Å². The number of carboxylic acids is 1. The zero-order chi connectivity index (χ0) is 18.3. The number of benzene rings is 1. The average Bonchev–Trinajstić information content (AvgIpc) is 2.51. The van der Waals surface area contributed by atoms with Crippen LogP contribution >= 0.6 is 0 Å². The number of carbonyl (C=O) groups excluding carboxylic acids is 2. The lowest BCUT2D eigenvalue weighted by atomic mass is 10.1. The zero-order valence-corrected chi connectivity index (χ0v) is 14.4. The topological polar surface area (TPSA) is 105 Å². The van der Waals surface area contributed by atoms with Crippen molar-refractivity contribution in [2.45, 2.75) is 38.8 Å². The van der Waals surface area contributed by atoms with Gasteiger partial charge in [-0.2, -0.15) is 0 Å². The van der Waals surface area contributed by atoms with Crippen LogP contribution in [0.3, 0.4) is 0 Å². The molecule has 0 aliphatic heterocycles. The van der Waals surface area contributed by atoms with Gasteiger partial charge in [-0.15, -0.1) is 0 Å². The van der Waals surface area contributed by atoms with E-state index in [0.717, 1.165) is 0 Å². The van der Waals surface area contributed by atoms with Crippen LogP contribution in [-0.2, 0) is 9.53 Å². The second-order valence-electron chi connectivity index (χ2n) is 6.27. The van der Waals surface area contributed by atoms with Crippen molar-refractivity contribution in [3.05, 3.63) is 35.4 Å². The largest absolute Gasteiger partial charge is 0.480 e. The van der Waals surface area contributed by atoms with Crippen molar-refractivity contribution in [2.75, 3.05) is 13.7 Å². The van der Waals surface area contributed by atoms with Crippen LogP contribution in [0.25, 0.3) is 0 Å². The summed E-state index contributed by atoms with van der Waals surface area (Å²) in [5, 5.41) is 14.2. The summed E-state index contributed by atoms with van der Waals surface area (Å²) >= 11 is 0. The predicted molar refractivity (Wildman–Crippen MR) is 89.0 cm³/mol. The third-order valence-electron chi connectivity index (χ3n) is 3.16. The van der Waals surface area contributed by atoms with Crippen LogP contribution in [0.2, 0.25) is 0 Å². The first kappa shape index (κ1) is 19.6. The van der Waals surface area contributed by atoms with Gasteiger partial charge in [-0.05, 0) is 39.0 Å². The molecule has 0 fully saturated rings. The fourth-order valence-corrected chi connectivity index (χ4v) is 1.93. The Morgan fingerprint density at radius 3 is 2.25 bits per heavy atom. The molecule has 0 bridgehead atoms. The Hall–Kier alpha value is -2.41. The average molecular weight is 336 g/mol. The monoisotopic (exact) mass is 336 g/mol. The number of nitrogens with one attached hydrogen (secondary N) is 2. The molecule has 0 aliphatic rings.